The minimum Gasteiger partial charge on any atom is -0.309 e. The number of aromatic nitrogens is 2. The fraction of sp³-hybridized carbons (Fsp3) is 0.0278. The number of hydrogen-bond donors (Lipinski definition) is 0. The van der Waals surface area contributed by atoms with Gasteiger partial charge in [0, 0.05) is 50.9 Å². The molecule has 2 aromatic heterocycles. The quantitative estimate of drug-likeness (QED) is 0.227. The number of fused-ring (bicyclic) bond motifs is 11. The molecule has 39 heavy (non-hydrogen) atoms. The Morgan fingerprint density at radius 2 is 1.10 bits per heavy atom. The van der Waals surface area contributed by atoms with Gasteiger partial charge in [0.15, 0.2) is 0 Å². The van der Waals surface area contributed by atoms with Gasteiger partial charge in [0.1, 0.15) is 0 Å². The van der Waals surface area contributed by atoms with Crippen LogP contribution in [0.3, 0.4) is 0 Å². The minimum absolute atomic E-state index is 0.882. The Balaban J connectivity index is 1.60. The van der Waals surface area contributed by atoms with Gasteiger partial charge in [-0.1, -0.05) is 78.9 Å². The highest BCUT2D eigenvalue weighted by atomic mass is 15.0. The van der Waals surface area contributed by atoms with Gasteiger partial charge < -0.3 is 9.13 Å². The summed E-state index contributed by atoms with van der Waals surface area (Å²) in [5.41, 5.74) is 9.66. The number of benzene rings is 6. The van der Waals surface area contributed by atoms with E-state index in [1.54, 1.807) is 0 Å². The van der Waals surface area contributed by atoms with Gasteiger partial charge in [-0.25, -0.2) is 0 Å². The molecule has 6 aromatic carbocycles. The van der Waals surface area contributed by atoms with Crippen LogP contribution in [0.5, 0.6) is 0 Å². The Bertz CT molecular complexity index is 2300. The molecule has 3 heterocycles. The molecule has 0 N–H and O–H groups in total. The molecule has 3 heteroatoms. The van der Waals surface area contributed by atoms with Crippen LogP contribution in [0, 0.1) is 0 Å². The fourth-order valence-corrected chi connectivity index (χ4v) is 6.75. The van der Waals surface area contributed by atoms with E-state index < -0.39 is 0 Å². The molecule has 1 aliphatic rings. The molecule has 0 fully saturated rings. The van der Waals surface area contributed by atoms with Gasteiger partial charge in [-0.05, 0) is 53.4 Å². The van der Waals surface area contributed by atoms with Crippen molar-refractivity contribution in [1.29, 1.82) is 0 Å². The number of hydrogen-bond acceptors (Lipinski definition) is 1. The van der Waals surface area contributed by atoms with Crippen LogP contribution in [-0.2, 0) is 6.42 Å². The third-order valence-corrected chi connectivity index (χ3v) is 8.31. The number of nitrogens with zero attached hydrogens (tertiary/aromatic N) is 3. The Morgan fingerprint density at radius 3 is 1.87 bits per heavy atom. The van der Waals surface area contributed by atoms with Crippen LogP contribution in [0.4, 0.5) is 5.69 Å². The van der Waals surface area contributed by atoms with Crippen LogP contribution < -0.4 is 0 Å². The summed E-state index contributed by atoms with van der Waals surface area (Å²) in [6, 6.07) is 44.1. The van der Waals surface area contributed by atoms with E-state index in [-0.39, 0.29) is 0 Å². The fourth-order valence-electron chi connectivity index (χ4n) is 6.75. The molecule has 0 amide bonds. The van der Waals surface area contributed by atoms with E-state index in [1.165, 1.54) is 71.3 Å². The van der Waals surface area contributed by atoms with Crippen LogP contribution in [-0.4, -0.2) is 15.3 Å². The molecular weight excluding hydrogens is 474 g/mol. The van der Waals surface area contributed by atoms with E-state index in [2.05, 4.69) is 135 Å². The zero-order valence-electron chi connectivity index (χ0n) is 21.2. The maximum absolute atomic E-state index is 4.57. The zero-order chi connectivity index (χ0) is 25.5. The first kappa shape index (κ1) is 20.9. The summed E-state index contributed by atoms with van der Waals surface area (Å²) in [5.74, 6) is 0. The monoisotopic (exact) mass is 497 g/mol. The lowest BCUT2D eigenvalue weighted by molar-refractivity contribution is 1.17. The highest BCUT2D eigenvalue weighted by Crippen LogP contribution is 2.46. The molecule has 0 radical (unpaired) electrons. The molecule has 0 unspecified atom stereocenters. The van der Waals surface area contributed by atoms with E-state index in [1.807, 2.05) is 6.21 Å². The smallest absolute Gasteiger partial charge is 0.0663 e. The van der Waals surface area contributed by atoms with Crippen molar-refractivity contribution >= 4 is 66.3 Å². The minimum atomic E-state index is 0.882. The first-order valence-corrected chi connectivity index (χ1v) is 13.5. The second-order valence-corrected chi connectivity index (χ2v) is 10.4. The van der Waals surface area contributed by atoms with E-state index in [9.17, 15) is 0 Å². The van der Waals surface area contributed by atoms with Crippen LogP contribution in [0.2, 0.25) is 0 Å². The third-order valence-electron chi connectivity index (χ3n) is 8.31. The molecule has 182 valence electrons. The third kappa shape index (κ3) is 2.74. The zero-order valence-corrected chi connectivity index (χ0v) is 21.2. The average molecular weight is 498 g/mol. The summed E-state index contributed by atoms with van der Waals surface area (Å²) in [5, 5.41) is 7.68. The Morgan fingerprint density at radius 1 is 0.487 bits per heavy atom. The Hall–Kier alpha value is -5.15. The first-order valence-electron chi connectivity index (χ1n) is 13.5. The number of rotatable bonds is 2. The molecule has 0 saturated carbocycles. The van der Waals surface area contributed by atoms with Crippen molar-refractivity contribution in [3.63, 3.8) is 0 Å². The molecule has 0 atom stereocenters. The standard InChI is InChI=1S/C36H23N3/c1-2-10-24(11-3-1)38-31-16-8-6-14-28(31)33-26-12-4-5-13-27(26)35-34(36(33)38)29-15-7-9-17-32(29)39(35)25-18-19-30-23(22-25)20-21-37-30/h1-19,21-22H,20H2. The molecule has 0 saturated heterocycles. The van der Waals surface area contributed by atoms with Crippen molar-refractivity contribution in [1.82, 2.24) is 9.13 Å². The van der Waals surface area contributed by atoms with Crippen molar-refractivity contribution in [3.8, 4) is 11.4 Å². The van der Waals surface area contributed by atoms with E-state index in [4.69, 9.17) is 0 Å². The molecule has 0 aliphatic carbocycles. The van der Waals surface area contributed by atoms with Gasteiger partial charge in [-0.3, -0.25) is 4.99 Å². The summed E-state index contributed by atoms with van der Waals surface area (Å²) in [6.07, 6.45) is 2.89. The van der Waals surface area contributed by atoms with Gasteiger partial charge >= 0.3 is 0 Å². The summed E-state index contributed by atoms with van der Waals surface area (Å²) in [4.78, 5) is 4.57. The topological polar surface area (TPSA) is 22.2 Å². The van der Waals surface area contributed by atoms with E-state index in [0.717, 1.165) is 12.1 Å². The van der Waals surface area contributed by atoms with E-state index >= 15 is 0 Å². The van der Waals surface area contributed by atoms with Crippen LogP contribution in [0.1, 0.15) is 5.56 Å². The van der Waals surface area contributed by atoms with Crippen molar-refractivity contribution < 1.29 is 0 Å². The Labute approximate surface area is 224 Å². The lowest BCUT2D eigenvalue weighted by Crippen LogP contribution is -1.97. The van der Waals surface area contributed by atoms with Gasteiger partial charge in [0.25, 0.3) is 0 Å². The highest BCUT2D eigenvalue weighted by molar-refractivity contribution is 6.36. The molecule has 9 rings (SSSR count). The molecule has 0 bridgehead atoms. The van der Waals surface area contributed by atoms with Crippen molar-refractivity contribution in [2.75, 3.05) is 0 Å². The maximum atomic E-state index is 4.57. The van der Waals surface area contributed by atoms with Gasteiger partial charge in [0.2, 0.25) is 0 Å². The SMILES string of the molecule is C1=Nc2ccc(-n3c4ccccc4c4c3c3ccccc3c3c5ccccc5n(-c5ccccc5)c34)cc2C1. The normalized spacial score (nSPS) is 12.9. The summed E-state index contributed by atoms with van der Waals surface area (Å²) in [7, 11) is 0. The van der Waals surface area contributed by atoms with Crippen molar-refractivity contribution in [3.05, 3.63) is 127 Å². The summed E-state index contributed by atoms with van der Waals surface area (Å²) < 4.78 is 4.94. The molecule has 3 nitrogen and oxygen atoms in total. The molecule has 1 aliphatic heterocycles. The average Bonchev–Trinajstić information content (AvgIpc) is 3.70. The van der Waals surface area contributed by atoms with Crippen molar-refractivity contribution in [2.45, 2.75) is 6.42 Å². The summed E-state index contributed by atoms with van der Waals surface area (Å²) >= 11 is 0. The molecule has 8 aromatic rings. The predicted molar refractivity (Wildman–Crippen MR) is 164 cm³/mol. The maximum Gasteiger partial charge on any atom is 0.0663 e. The lowest BCUT2D eigenvalue weighted by atomic mass is 9.99. The van der Waals surface area contributed by atoms with Crippen LogP contribution in [0.25, 0.3) is 65.8 Å². The number of aliphatic imine (C=N–C) groups is 1. The van der Waals surface area contributed by atoms with Crippen LogP contribution in [0.15, 0.2) is 126 Å². The first-order chi connectivity index (χ1) is 19.4. The predicted octanol–water partition coefficient (Wildman–Crippen LogP) is 9.29. The van der Waals surface area contributed by atoms with Gasteiger partial charge in [-0.15, -0.1) is 0 Å². The van der Waals surface area contributed by atoms with Crippen molar-refractivity contribution in [2.24, 2.45) is 4.99 Å². The second-order valence-electron chi connectivity index (χ2n) is 10.4. The highest BCUT2D eigenvalue weighted by Gasteiger charge is 2.24. The lowest BCUT2D eigenvalue weighted by Gasteiger charge is -2.13. The molecular formula is C36H23N3. The van der Waals surface area contributed by atoms with Crippen LogP contribution >= 0.6 is 0 Å². The second kappa shape index (κ2) is 7.68. The Kier molecular flexibility index (Phi) is 4.11. The number of para-hydroxylation sites is 3. The van der Waals surface area contributed by atoms with Gasteiger partial charge in [-0.2, -0.15) is 0 Å². The summed E-state index contributed by atoms with van der Waals surface area (Å²) in [6.45, 7) is 0. The van der Waals surface area contributed by atoms with E-state index in [0.29, 0.717) is 0 Å². The van der Waals surface area contributed by atoms with Gasteiger partial charge in [0.05, 0.1) is 27.8 Å². The largest absolute Gasteiger partial charge is 0.309 e. The molecule has 0 spiro atoms.